The van der Waals surface area contributed by atoms with Gasteiger partial charge in [0.2, 0.25) is 5.91 Å². The summed E-state index contributed by atoms with van der Waals surface area (Å²) in [5.74, 6) is -0.579. The summed E-state index contributed by atoms with van der Waals surface area (Å²) in [6.07, 6.45) is 0. The highest BCUT2D eigenvalue weighted by Gasteiger charge is 2.04. The van der Waals surface area contributed by atoms with Crippen molar-refractivity contribution in [3.05, 3.63) is 24.0 Å². The SMILES string of the molecule is COc1ccc(NC(=O)CS)cc1F. The lowest BCUT2D eigenvalue weighted by molar-refractivity contribution is -0.113. The van der Waals surface area contributed by atoms with E-state index in [1.807, 2.05) is 0 Å². The summed E-state index contributed by atoms with van der Waals surface area (Å²) in [7, 11) is 1.38. The molecule has 0 aromatic heterocycles. The van der Waals surface area contributed by atoms with Crippen molar-refractivity contribution in [2.75, 3.05) is 18.2 Å². The summed E-state index contributed by atoms with van der Waals surface area (Å²) in [4.78, 5) is 10.9. The molecule has 0 aliphatic heterocycles. The van der Waals surface area contributed by atoms with E-state index in [1.165, 1.54) is 19.2 Å². The topological polar surface area (TPSA) is 38.3 Å². The van der Waals surface area contributed by atoms with E-state index in [2.05, 4.69) is 17.9 Å². The Bertz CT molecular complexity index is 344. The molecule has 1 rings (SSSR count). The van der Waals surface area contributed by atoms with Gasteiger partial charge in [0.15, 0.2) is 11.6 Å². The molecule has 0 atom stereocenters. The van der Waals surface area contributed by atoms with Crippen molar-refractivity contribution >= 4 is 24.2 Å². The van der Waals surface area contributed by atoms with Crippen LogP contribution in [-0.4, -0.2) is 18.8 Å². The van der Waals surface area contributed by atoms with Gasteiger partial charge in [-0.1, -0.05) is 0 Å². The molecule has 1 aromatic carbocycles. The number of hydrogen-bond acceptors (Lipinski definition) is 3. The van der Waals surface area contributed by atoms with Gasteiger partial charge in [0.05, 0.1) is 12.9 Å². The van der Waals surface area contributed by atoms with Gasteiger partial charge < -0.3 is 10.1 Å². The number of rotatable bonds is 3. The Morgan fingerprint density at radius 2 is 2.36 bits per heavy atom. The van der Waals surface area contributed by atoms with Crippen molar-refractivity contribution in [1.29, 1.82) is 0 Å². The third-order valence-corrected chi connectivity index (χ3v) is 1.87. The third-order valence-electron chi connectivity index (χ3n) is 1.58. The first-order valence-electron chi connectivity index (χ1n) is 3.91. The molecule has 14 heavy (non-hydrogen) atoms. The highest BCUT2D eigenvalue weighted by Crippen LogP contribution is 2.20. The fourth-order valence-corrected chi connectivity index (χ4v) is 1.02. The molecule has 5 heteroatoms. The Labute approximate surface area is 86.7 Å². The smallest absolute Gasteiger partial charge is 0.234 e. The molecule has 0 saturated heterocycles. The molecular formula is C9H10FNO2S. The van der Waals surface area contributed by atoms with Crippen molar-refractivity contribution < 1.29 is 13.9 Å². The molecule has 0 unspecified atom stereocenters. The molecule has 0 aliphatic rings. The van der Waals surface area contributed by atoms with E-state index in [-0.39, 0.29) is 17.4 Å². The number of anilines is 1. The number of carbonyl (C=O) groups is 1. The van der Waals surface area contributed by atoms with Crippen LogP contribution in [-0.2, 0) is 4.79 Å². The van der Waals surface area contributed by atoms with Crippen molar-refractivity contribution in [1.82, 2.24) is 0 Å². The van der Waals surface area contributed by atoms with Gasteiger partial charge in [-0.25, -0.2) is 4.39 Å². The largest absolute Gasteiger partial charge is 0.494 e. The van der Waals surface area contributed by atoms with E-state index < -0.39 is 5.82 Å². The fraction of sp³-hybridized carbons (Fsp3) is 0.222. The van der Waals surface area contributed by atoms with Gasteiger partial charge in [-0.05, 0) is 12.1 Å². The molecule has 0 heterocycles. The van der Waals surface area contributed by atoms with Gasteiger partial charge in [-0.15, -0.1) is 0 Å². The molecule has 3 nitrogen and oxygen atoms in total. The number of ether oxygens (including phenoxy) is 1. The van der Waals surface area contributed by atoms with Crippen LogP contribution >= 0.6 is 12.6 Å². The Kier molecular flexibility index (Phi) is 3.76. The van der Waals surface area contributed by atoms with E-state index in [9.17, 15) is 9.18 Å². The number of halogens is 1. The lowest BCUT2D eigenvalue weighted by Crippen LogP contribution is -2.12. The van der Waals surface area contributed by atoms with Crippen LogP contribution in [0.5, 0.6) is 5.75 Å². The van der Waals surface area contributed by atoms with E-state index in [1.54, 1.807) is 6.07 Å². The molecule has 0 saturated carbocycles. The average molecular weight is 215 g/mol. The Balaban J connectivity index is 2.81. The Morgan fingerprint density at radius 1 is 1.64 bits per heavy atom. The quantitative estimate of drug-likeness (QED) is 0.753. The van der Waals surface area contributed by atoms with Crippen LogP contribution in [0.25, 0.3) is 0 Å². The first kappa shape index (κ1) is 10.8. The molecule has 0 spiro atoms. The van der Waals surface area contributed by atoms with Crippen molar-refractivity contribution in [3.8, 4) is 5.75 Å². The van der Waals surface area contributed by atoms with Crippen molar-refractivity contribution in [2.24, 2.45) is 0 Å². The first-order chi connectivity index (χ1) is 6.67. The van der Waals surface area contributed by atoms with Crippen LogP contribution in [0.4, 0.5) is 10.1 Å². The minimum Gasteiger partial charge on any atom is -0.494 e. The molecule has 1 aromatic rings. The van der Waals surface area contributed by atoms with Gasteiger partial charge in [0.1, 0.15) is 0 Å². The number of methoxy groups -OCH3 is 1. The zero-order valence-electron chi connectivity index (χ0n) is 7.58. The second-order valence-corrected chi connectivity index (χ2v) is 2.87. The molecule has 0 radical (unpaired) electrons. The summed E-state index contributed by atoms with van der Waals surface area (Å²) in [5.41, 5.74) is 0.391. The highest BCUT2D eigenvalue weighted by atomic mass is 32.1. The van der Waals surface area contributed by atoms with Crippen LogP contribution in [0.2, 0.25) is 0 Å². The number of thiol groups is 1. The monoisotopic (exact) mass is 215 g/mol. The number of carbonyl (C=O) groups excluding carboxylic acids is 1. The second-order valence-electron chi connectivity index (χ2n) is 2.56. The molecule has 0 aliphatic carbocycles. The van der Waals surface area contributed by atoms with E-state index >= 15 is 0 Å². The number of hydrogen-bond donors (Lipinski definition) is 2. The average Bonchev–Trinajstić information content (AvgIpc) is 2.18. The first-order valence-corrected chi connectivity index (χ1v) is 4.55. The maximum absolute atomic E-state index is 13.1. The molecule has 76 valence electrons. The Morgan fingerprint density at radius 3 is 2.86 bits per heavy atom. The standard InChI is InChI=1S/C9H10FNO2S/c1-13-8-3-2-6(4-7(8)10)11-9(12)5-14/h2-4,14H,5H2,1H3,(H,11,12). The van der Waals surface area contributed by atoms with Crippen LogP contribution in [0.3, 0.4) is 0 Å². The maximum Gasteiger partial charge on any atom is 0.234 e. The van der Waals surface area contributed by atoms with Crippen molar-refractivity contribution in [3.63, 3.8) is 0 Å². The highest BCUT2D eigenvalue weighted by molar-refractivity contribution is 7.81. The van der Waals surface area contributed by atoms with Crippen LogP contribution in [0.1, 0.15) is 0 Å². The normalized spacial score (nSPS) is 9.64. The predicted octanol–water partition coefficient (Wildman–Crippen LogP) is 1.70. The molecule has 1 N–H and O–H groups in total. The zero-order valence-corrected chi connectivity index (χ0v) is 8.48. The predicted molar refractivity (Wildman–Crippen MR) is 55.4 cm³/mol. The maximum atomic E-state index is 13.1. The number of nitrogens with one attached hydrogen (secondary N) is 1. The van der Waals surface area contributed by atoms with Crippen LogP contribution in [0.15, 0.2) is 18.2 Å². The third kappa shape index (κ3) is 2.63. The lowest BCUT2D eigenvalue weighted by Gasteiger charge is -2.05. The van der Waals surface area contributed by atoms with E-state index in [4.69, 9.17) is 4.74 Å². The number of benzene rings is 1. The van der Waals surface area contributed by atoms with Crippen molar-refractivity contribution in [2.45, 2.75) is 0 Å². The van der Waals surface area contributed by atoms with E-state index in [0.717, 1.165) is 0 Å². The van der Waals surface area contributed by atoms with Gasteiger partial charge in [0.25, 0.3) is 0 Å². The fourth-order valence-electron chi connectivity index (χ4n) is 0.945. The molecule has 0 bridgehead atoms. The van der Waals surface area contributed by atoms with Crippen LogP contribution in [0, 0.1) is 5.82 Å². The molecule has 0 fully saturated rings. The number of amides is 1. The summed E-state index contributed by atoms with van der Waals surface area (Å²) >= 11 is 3.78. The lowest BCUT2D eigenvalue weighted by atomic mass is 10.3. The summed E-state index contributed by atoms with van der Waals surface area (Å²) in [6.45, 7) is 0. The molecular weight excluding hydrogens is 205 g/mol. The minimum absolute atomic E-state index is 0.0631. The minimum atomic E-state index is -0.510. The van der Waals surface area contributed by atoms with Gasteiger partial charge in [-0.3, -0.25) is 4.79 Å². The second kappa shape index (κ2) is 4.85. The van der Waals surface area contributed by atoms with Gasteiger partial charge >= 0.3 is 0 Å². The van der Waals surface area contributed by atoms with Gasteiger partial charge in [-0.2, -0.15) is 12.6 Å². The molecule has 1 amide bonds. The summed E-state index contributed by atoms with van der Waals surface area (Å²) in [5, 5.41) is 2.47. The summed E-state index contributed by atoms with van der Waals surface area (Å²) < 4.78 is 17.8. The van der Waals surface area contributed by atoms with E-state index in [0.29, 0.717) is 5.69 Å². The van der Waals surface area contributed by atoms with Crippen LogP contribution < -0.4 is 10.1 Å². The van der Waals surface area contributed by atoms with Gasteiger partial charge in [0, 0.05) is 11.8 Å². The summed E-state index contributed by atoms with van der Waals surface area (Å²) in [6, 6.07) is 4.20. The zero-order chi connectivity index (χ0) is 10.6. The Hall–Kier alpha value is -1.23.